The van der Waals surface area contributed by atoms with Gasteiger partial charge in [0.1, 0.15) is 12.4 Å². The molecule has 5 nitrogen and oxygen atoms in total. The van der Waals surface area contributed by atoms with Gasteiger partial charge in [0.25, 0.3) is 11.8 Å². The minimum atomic E-state index is -0.254. The average Bonchev–Trinajstić information content (AvgIpc) is 2.78. The van der Waals surface area contributed by atoms with Gasteiger partial charge in [-0.1, -0.05) is 35.3 Å². The Balaban J connectivity index is 1.53. The predicted octanol–water partition coefficient (Wildman–Crippen LogP) is 5.52. The van der Waals surface area contributed by atoms with Gasteiger partial charge in [-0.3, -0.25) is 9.59 Å². The van der Waals surface area contributed by atoms with Gasteiger partial charge in [0.05, 0.1) is 18.3 Å². The quantitative estimate of drug-likeness (QED) is 0.564. The first kappa shape index (κ1) is 21.2. The highest BCUT2D eigenvalue weighted by molar-refractivity contribution is 6.31. The molecule has 0 aliphatic carbocycles. The summed E-state index contributed by atoms with van der Waals surface area (Å²) in [6.45, 7) is 2.72. The van der Waals surface area contributed by atoms with E-state index in [1.165, 1.54) is 0 Å². The lowest BCUT2D eigenvalue weighted by Crippen LogP contribution is -2.38. The van der Waals surface area contributed by atoms with E-state index in [2.05, 4.69) is 5.32 Å². The molecule has 1 N–H and O–H groups in total. The predicted molar refractivity (Wildman–Crippen MR) is 122 cm³/mol. The molecule has 4 rings (SSSR count). The van der Waals surface area contributed by atoms with E-state index in [1.54, 1.807) is 53.4 Å². The number of hydrogen-bond donors (Lipinski definition) is 1. The van der Waals surface area contributed by atoms with E-state index >= 15 is 0 Å². The topological polar surface area (TPSA) is 58.6 Å². The van der Waals surface area contributed by atoms with Crippen LogP contribution in [0.5, 0.6) is 5.75 Å². The molecule has 1 aliphatic rings. The lowest BCUT2D eigenvalue weighted by Gasteiger charge is -2.30. The van der Waals surface area contributed by atoms with Crippen LogP contribution >= 0.6 is 23.2 Å². The Hall–Kier alpha value is -3.02. The van der Waals surface area contributed by atoms with E-state index in [0.717, 1.165) is 5.56 Å². The monoisotopic (exact) mass is 454 g/mol. The smallest absolute Gasteiger partial charge is 0.258 e. The third kappa shape index (κ3) is 4.68. The number of benzene rings is 3. The van der Waals surface area contributed by atoms with Crippen LogP contribution in [0.25, 0.3) is 0 Å². The summed E-state index contributed by atoms with van der Waals surface area (Å²) in [7, 11) is 0. The number of amides is 2. The summed E-state index contributed by atoms with van der Waals surface area (Å²) in [4.78, 5) is 27.2. The Labute approximate surface area is 190 Å². The van der Waals surface area contributed by atoms with Gasteiger partial charge >= 0.3 is 0 Å². The molecule has 7 heteroatoms. The zero-order valence-corrected chi connectivity index (χ0v) is 18.3. The summed E-state index contributed by atoms with van der Waals surface area (Å²) < 4.78 is 5.81. The third-order valence-corrected chi connectivity index (χ3v) is 5.60. The molecule has 0 saturated heterocycles. The molecule has 1 aliphatic heterocycles. The molecular weight excluding hydrogens is 435 g/mol. The van der Waals surface area contributed by atoms with Crippen LogP contribution in [0.1, 0.15) is 39.2 Å². The van der Waals surface area contributed by atoms with E-state index in [9.17, 15) is 9.59 Å². The Kier molecular flexibility index (Phi) is 6.16. The molecule has 158 valence electrons. The van der Waals surface area contributed by atoms with Crippen molar-refractivity contribution < 1.29 is 14.3 Å². The summed E-state index contributed by atoms with van der Waals surface area (Å²) in [5.74, 6) is 0.274. The highest BCUT2D eigenvalue weighted by atomic mass is 35.5. The third-order valence-electron chi connectivity index (χ3n) is 5.12. The molecule has 2 amide bonds. The highest BCUT2D eigenvalue weighted by Gasteiger charge is 2.26. The first-order valence-corrected chi connectivity index (χ1v) is 10.6. The van der Waals surface area contributed by atoms with E-state index in [4.69, 9.17) is 27.9 Å². The van der Waals surface area contributed by atoms with Gasteiger partial charge < -0.3 is 15.0 Å². The van der Waals surface area contributed by atoms with Crippen molar-refractivity contribution in [3.8, 4) is 5.75 Å². The van der Waals surface area contributed by atoms with Gasteiger partial charge in [-0.2, -0.15) is 0 Å². The molecular formula is C24H20Cl2N2O3. The van der Waals surface area contributed by atoms with Crippen molar-refractivity contribution in [3.05, 3.63) is 93.5 Å². The Morgan fingerprint density at radius 2 is 1.74 bits per heavy atom. The van der Waals surface area contributed by atoms with Gasteiger partial charge in [-0.15, -0.1) is 0 Å². The average molecular weight is 455 g/mol. The van der Waals surface area contributed by atoms with Gasteiger partial charge in [-0.05, 0) is 67.1 Å². The molecule has 0 unspecified atom stereocenters. The number of hydrogen-bond acceptors (Lipinski definition) is 3. The van der Waals surface area contributed by atoms with Crippen LogP contribution in [0.3, 0.4) is 0 Å². The zero-order valence-electron chi connectivity index (χ0n) is 16.8. The first-order valence-electron chi connectivity index (χ1n) is 9.83. The van der Waals surface area contributed by atoms with Crippen molar-refractivity contribution in [1.82, 2.24) is 5.32 Å². The Morgan fingerprint density at radius 1 is 0.968 bits per heavy atom. The van der Waals surface area contributed by atoms with Gasteiger partial charge in [0, 0.05) is 21.2 Å². The molecule has 0 bridgehead atoms. The van der Waals surface area contributed by atoms with Crippen molar-refractivity contribution >= 4 is 40.7 Å². The summed E-state index contributed by atoms with van der Waals surface area (Å²) in [6, 6.07) is 18.9. The molecule has 3 aromatic carbocycles. The fourth-order valence-electron chi connectivity index (χ4n) is 3.46. The fraction of sp³-hybridized carbons (Fsp3) is 0.167. The summed E-state index contributed by atoms with van der Waals surface area (Å²) in [6.07, 6.45) is 0. The second kappa shape index (κ2) is 9.00. The summed E-state index contributed by atoms with van der Waals surface area (Å²) in [5.41, 5.74) is 2.62. The van der Waals surface area contributed by atoms with Gasteiger partial charge in [0.15, 0.2) is 0 Å². The zero-order chi connectivity index (χ0) is 22.0. The number of carbonyl (C=O) groups is 2. The standard InChI is InChI=1S/C24H20Cl2N2O3/c1-15(27-23(29)16-5-8-19(25)9-6-16)17-7-10-21-22(14-17)31-12-11-28(21)24(30)18-3-2-4-20(26)13-18/h2-10,13-15H,11-12H2,1H3,(H,27,29)/t15-/m1/s1. The van der Waals surface area contributed by atoms with Crippen LogP contribution in [0.15, 0.2) is 66.7 Å². The van der Waals surface area contributed by atoms with E-state index in [1.807, 2.05) is 25.1 Å². The van der Waals surface area contributed by atoms with Crippen molar-refractivity contribution in [1.29, 1.82) is 0 Å². The number of ether oxygens (including phenoxy) is 1. The second-order valence-corrected chi connectivity index (χ2v) is 8.12. The number of nitrogens with one attached hydrogen (secondary N) is 1. The number of halogens is 2. The minimum Gasteiger partial charge on any atom is -0.490 e. The number of nitrogens with zero attached hydrogens (tertiary/aromatic N) is 1. The number of rotatable bonds is 4. The van der Waals surface area contributed by atoms with E-state index in [-0.39, 0.29) is 17.9 Å². The summed E-state index contributed by atoms with van der Waals surface area (Å²) >= 11 is 11.9. The molecule has 0 fully saturated rings. The van der Waals surface area contributed by atoms with Crippen molar-refractivity contribution in [2.45, 2.75) is 13.0 Å². The minimum absolute atomic E-state index is 0.135. The first-order chi connectivity index (χ1) is 14.9. The normalized spacial score (nSPS) is 13.7. The van der Waals surface area contributed by atoms with Crippen molar-refractivity contribution in [3.63, 3.8) is 0 Å². The van der Waals surface area contributed by atoms with Crippen LogP contribution in [-0.4, -0.2) is 25.0 Å². The molecule has 0 radical (unpaired) electrons. The molecule has 1 heterocycles. The molecule has 1 atom stereocenters. The fourth-order valence-corrected chi connectivity index (χ4v) is 3.78. The van der Waals surface area contributed by atoms with Crippen molar-refractivity contribution in [2.75, 3.05) is 18.1 Å². The number of carbonyl (C=O) groups excluding carboxylic acids is 2. The maximum atomic E-state index is 13.0. The molecule has 3 aromatic rings. The number of anilines is 1. The van der Waals surface area contributed by atoms with E-state index in [0.29, 0.717) is 45.8 Å². The Bertz CT molecular complexity index is 1130. The van der Waals surface area contributed by atoms with Crippen LogP contribution < -0.4 is 15.0 Å². The van der Waals surface area contributed by atoms with Crippen LogP contribution in [0.4, 0.5) is 5.69 Å². The van der Waals surface area contributed by atoms with Gasteiger partial charge in [0.2, 0.25) is 0 Å². The SMILES string of the molecule is C[C@@H](NC(=O)c1ccc(Cl)cc1)c1ccc2c(c1)OCCN2C(=O)c1cccc(Cl)c1. The summed E-state index contributed by atoms with van der Waals surface area (Å²) in [5, 5.41) is 4.06. The highest BCUT2D eigenvalue weighted by Crippen LogP contribution is 2.35. The van der Waals surface area contributed by atoms with Crippen LogP contribution in [0.2, 0.25) is 10.0 Å². The van der Waals surface area contributed by atoms with E-state index < -0.39 is 0 Å². The number of fused-ring (bicyclic) bond motifs is 1. The maximum Gasteiger partial charge on any atom is 0.258 e. The van der Waals surface area contributed by atoms with Crippen molar-refractivity contribution in [2.24, 2.45) is 0 Å². The van der Waals surface area contributed by atoms with Gasteiger partial charge in [-0.25, -0.2) is 0 Å². The molecule has 0 saturated carbocycles. The Morgan fingerprint density at radius 3 is 2.48 bits per heavy atom. The second-order valence-electron chi connectivity index (χ2n) is 7.24. The van der Waals surface area contributed by atoms with Crippen LogP contribution in [-0.2, 0) is 0 Å². The molecule has 0 aromatic heterocycles. The lowest BCUT2D eigenvalue weighted by atomic mass is 10.0. The molecule has 31 heavy (non-hydrogen) atoms. The molecule has 0 spiro atoms. The maximum absolute atomic E-state index is 13.0. The largest absolute Gasteiger partial charge is 0.490 e. The van der Waals surface area contributed by atoms with Crippen LogP contribution in [0, 0.1) is 0 Å². The lowest BCUT2D eigenvalue weighted by molar-refractivity contribution is 0.0938.